The molecule has 2 heterocycles. The standard InChI is InChI=1S/C21H24Cl2N2O5S/c22-20-21(23,14-15-4-1-2-7-18(15)31(24,26)27)8-9-25(20)10-11-28-16-5-3-6-17-19(16)30-13-12-29-17/h1-7,20H,8-14H2,(H2,24,26,27). The molecule has 2 aliphatic rings. The summed E-state index contributed by atoms with van der Waals surface area (Å²) in [5.74, 6) is 1.92. The van der Waals surface area contributed by atoms with Crippen LogP contribution in [0.2, 0.25) is 0 Å². The molecule has 0 spiro atoms. The Morgan fingerprint density at radius 1 is 1.16 bits per heavy atom. The van der Waals surface area contributed by atoms with E-state index in [9.17, 15) is 8.42 Å². The van der Waals surface area contributed by atoms with Gasteiger partial charge in [-0.3, -0.25) is 4.90 Å². The summed E-state index contributed by atoms with van der Waals surface area (Å²) in [6.45, 7) is 2.63. The van der Waals surface area contributed by atoms with Crippen molar-refractivity contribution in [2.24, 2.45) is 5.14 Å². The number of para-hydroxylation sites is 1. The van der Waals surface area contributed by atoms with Crippen molar-refractivity contribution >= 4 is 33.2 Å². The first-order valence-corrected chi connectivity index (χ1v) is 12.3. The molecule has 0 radical (unpaired) electrons. The van der Waals surface area contributed by atoms with Crippen LogP contribution in [-0.2, 0) is 16.4 Å². The van der Waals surface area contributed by atoms with Gasteiger partial charge in [0.2, 0.25) is 15.8 Å². The van der Waals surface area contributed by atoms with E-state index in [-0.39, 0.29) is 4.90 Å². The molecule has 0 aliphatic carbocycles. The number of ether oxygens (including phenoxy) is 3. The van der Waals surface area contributed by atoms with E-state index in [1.54, 1.807) is 18.2 Å². The summed E-state index contributed by atoms with van der Waals surface area (Å²) >= 11 is 13.6. The number of halogens is 2. The first kappa shape index (κ1) is 22.5. The summed E-state index contributed by atoms with van der Waals surface area (Å²) in [7, 11) is -3.84. The maximum absolute atomic E-state index is 11.9. The van der Waals surface area contributed by atoms with Crippen molar-refractivity contribution < 1.29 is 22.6 Å². The fourth-order valence-corrected chi connectivity index (χ4v) is 5.49. The lowest BCUT2D eigenvalue weighted by molar-refractivity contribution is 0.157. The van der Waals surface area contributed by atoms with Crippen LogP contribution in [0.15, 0.2) is 47.4 Å². The van der Waals surface area contributed by atoms with E-state index < -0.39 is 20.4 Å². The first-order valence-electron chi connectivity index (χ1n) is 9.97. The van der Waals surface area contributed by atoms with Gasteiger partial charge in [-0.15, -0.1) is 23.2 Å². The summed E-state index contributed by atoms with van der Waals surface area (Å²) in [6, 6.07) is 12.2. The second kappa shape index (κ2) is 9.03. The Morgan fingerprint density at radius 2 is 1.94 bits per heavy atom. The molecule has 1 saturated heterocycles. The van der Waals surface area contributed by atoms with E-state index in [0.717, 1.165) is 0 Å². The molecular weight excluding hydrogens is 463 g/mol. The van der Waals surface area contributed by atoms with Gasteiger partial charge in [0.25, 0.3) is 0 Å². The highest BCUT2D eigenvalue weighted by Gasteiger charge is 2.45. The molecule has 0 saturated carbocycles. The van der Waals surface area contributed by atoms with E-state index in [1.165, 1.54) is 6.07 Å². The molecule has 2 unspecified atom stereocenters. The number of hydrogen-bond acceptors (Lipinski definition) is 6. The van der Waals surface area contributed by atoms with Crippen LogP contribution in [-0.4, -0.2) is 56.6 Å². The zero-order chi connectivity index (χ0) is 22.1. The largest absolute Gasteiger partial charge is 0.488 e. The molecule has 0 amide bonds. The molecule has 0 aromatic heterocycles. The average Bonchev–Trinajstić information content (AvgIpc) is 3.02. The highest BCUT2D eigenvalue weighted by molar-refractivity contribution is 7.89. The molecule has 168 valence electrons. The smallest absolute Gasteiger partial charge is 0.238 e. The van der Waals surface area contributed by atoms with E-state index in [2.05, 4.69) is 0 Å². The quantitative estimate of drug-likeness (QED) is 0.477. The van der Waals surface area contributed by atoms with Crippen molar-refractivity contribution in [1.82, 2.24) is 4.90 Å². The molecule has 7 nitrogen and oxygen atoms in total. The molecule has 31 heavy (non-hydrogen) atoms. The number of fused-ring (bicyclic) bond motifs is 1. The Balaban J connectivity index is 1.39. The number of nitrogens with two attached hydrogens (primary N) is 1. The number of rotatable bonds is 7. The van der Waals surface area contributed by atoms with Crippen molar-refractivity contribution in [1.29, 1.82) is 0 Å². The Bertz CT molecular complexity index is 1050. The number of sulfonamides is 1. The molecule has 0 bridgehead atoms. The van der Waals surface area contributed by atoms with Crippen LogP contribution in [0.1, 0.15) is 12.0 Å². The Morgan fingerprint density at radius 3 is 2.74 bits per heavy atom. The van der Waals surface area contributed by atoms with Gasteiger partial charge in [-0.25, -0.2) is 13.6 Å². The normalized spacial score (nSPS) is 23.6. The molecule has 10 heteroatoms. The minimum atomic E-state index is -3.84. The van der Waals surface area contributed by atoms with Crippen molar-refractivity contribution in [2.75, 3.05) is 32.9 Å². The lowest BCUT2D eigenvalue weighted by Gasteiger charge is -2.29. The summed E-state index contributed by atoms with van der Waals surface area (Å²) in [6.07, 6.45) is 0.906. The summed E-state index contributed by atoms with van der Waals surface area (Å²) in [5.41, 5.74) is 0.0763. The van der Waals surface area contributed by atoms with Crippen LogP contribution in [0.3, 0.4) is 0 Å². The lowest BCUT2D eigenvalue weighted by atomic mass is 9.97. The third-order valence-electron chi connectivity index (χ3n) is 5.49. The fraction of sp³-hybridized carbons (Fsp3) is 0.429. The third kappa shape index (κ3) is 4.88. The van der Waals surface area contributed by atoms with Crippen molar-refractivity contribution in [3.05, 3.63) is 48.0 Å². The molecule has 2 aliphatic heterocycles. The van der Waals surface area contributed by atoms with E-state index >= 15 is 0 Å². The minimum absolute atomic E-state index is 0.0803. The number of likely N-dealkylation sites (tertiary alicyclic amines) is 1. The topological polar surface area (TPSA) is 91.1 Å². The molecule has 1 fully saturated rings. The molecule has 4 rings (SSSR count). The fourth-order valence-electron chi connectivity index (χ4n) is 3.96. The van der Waals surface area contributed by atoms with Gasteiger partial charge in [0.05, 0.1) is 9.77 Å². The number of benzene rings is 2. The van der Waals surface area contributed by atoms with Crippen LogP contribution in [0, 0.1) is 0 Å². The zero-order valence-electron chi connectivity index (χ0n) is 16.8. The van der Waals surface area contributed by atoms with Crippen LogP contribution in [0.5, 0.6) is 17.2 Å². The van der Waals surface area contributed by atoms with E-state index in [0.29, 0.717) is 68.6 Å². The van der Waals surface area contributed by atoms with Crippen LogP contribution < -0.4 is 19.3 Å². The van der Waals surface area contributed by atoms with Crippen molar-refractivity contribution in [3.63, 3.8) is 0 Å². The second-order valence-corrected chi connectivity index (χ2v) is 10.3. The van der Waals surface area contributed by atoms with Crippen molar-refractivity contribution in [2.45, 2.75) is 28.1 Å². The predicted octanol–water partition coefficient (Wildman–Crippen LogP) is 2.97. The number of alkyl halides is 2. The first-order chi connectivity index (χ1) is 14.8. The Kier molecular flexibility index (Phi) is 6.55. The van der Waals surface area contributed by atoms with Crippen molar-refractivity contribution in [3.8, 4) is 17.2 Å². The molecule has 2 aromatic carbocycles. The van der Waals surface area contributed by atoms with Gasteiger partial charge in [0.15, 0.2) is 11.5 Å². The number of primary sulfonamides is 1. The third-order valence-corrected chi connectivity index (χ3v) is 7.84. The average molecular weight is 487 g/mol. The van der Waals surface area contributed by atoms with E-state index in [1.807, 2.05) is 23.1 Å². The highest BCUT2D eigenvalue weighted by atomic mass is 35.5. The van der Waals surface area contributed by atoms with Gasteiger partial charge >= 0.3 is 0 Å². The Labute approximate surface area is 192 Å². The van der Waals surface area contributed by atoms with Gasteiger partial charge < -0.3 is 14.2 Å². The van der Waals surface area contributed by atoms with Gasteiger partial charge in [-0.05, 0) is 36.6 Å². The molecule has 2 aromatic rings. The molecule has 2 N–H and O–H groups in total. The van der Waals surface area contributed by atoms with Gasteiger partial charge in [-0.2, -0.15) is 0 Å². The van der Waals surface area contributed by atoms with E-state index in [4.69, 9.17) is 42.6 Å². The maximum atomic E-state index is 11.9. The van der Waals surface area contributed by atoms with Gasteiger partial charge in [-0.1, -0.05) is 24.3 Å². The Hall–Kier alpha value is -1.71. The number of nitrogens with zero attached hydrogens (tertiary/aromatic N) is 1. The zero-order valence-corrected chi connectivity index (χ0v) is 19.1. The second-order valence-electron chi connectivity index (χ2n) is 7.61. The maximum Gasteiger partial charge on any atom is 0.238 e. The highest BCUT2D eigenvalue weighted by Crippen LogP contribution is 2.41. The van der Waals surface area contributed by atoms with Crippen LogP contribution in [0.25, 0.3) is 0 Å². The van der Waals surface area contributed by atoms with Gasteiger partial charge in [0.1, 0.15) is 25.3 Å². The summed E-state index contributed by atoms with van der Waals surface area (Å²) in [5, 5.41) is 5.36. The van der Waals surface area contributed by atoms with Crippen LogP contribution >= 0.6 is 23.2 Å². The SMILES string of the molecule is NS(=O)(=O)c1ccccc1CC1(Cl)CCN(CCOc2cccc3c2OCCO3)C1Cl. The van der Waals surface area contributed by atoms with Crippen LogP contribution in [0.4, 0.5) is 0 Å². The minimum Gasteiger partial charge on any atom is -0.488 e. The monoisotopic (exact) mass is 486 g/mol. The summed E-state index contributed by atoms with van der Waals surface area (Å²) in [4.78, 5) is 1.29. The number of hydrogen-bond donors (Lipinski definition) is 1. The molecular formula is C21H24Cl2N2O5S. The van der Waals surface area contributed by atoms with Gasteiger partial charge in [0, 0.05) is 13.1 Å². The lowest BCUT2D eigenvalue weighted by Crippen LogP contribution is -2.40. The molecule has 2 atom stereocenters. The summed E-state index contributed by atoms with van der Waals surface area (Å²) < 4.78 is 41.0. The predicted molar refractivity (Wildman–Crippen MR) is 119 cm³/mol.